The molecule has 142 valence electrons. The number of ketones is 2. The normalized spacial score (nSPS) is 20.3. The monoisotopic (exact) mass is 431 g/mol. The number of hydrogen-bond donors (Lipinski definition) is 1. The first-order valence-corrected chi connectivity index (χ1v) is 10.0. The molecule has 1 aromatic rings. The summed E-state index contributed by atoms with van der Waals surface area (Å²) >= 11 is 3.64. The van der Waals surface area contributed by atoms with Crippen molar-refractivity contribution >= 4 is 27.5 Å². The minimum absolute atomic E-state index is 0.125. The summed E-state index contributed by atoms with van der Waals surface area (Å²) in [5, 5.41) is 3.43. The first-order chi connectivity index (χ1) is 13.0. The Hall–Kier alpha value is -2.08. The van der Waals surface area contributed by atoms with Crippen LogP contribution in [0.1, 0.15) is 50.0 Å². The Bertz CT molecular complexity index is 858. The number of dihydropyridines is 1. The van der Waals surface area contributed by atoms with E-state index in [0.29, 0.717) is 24.3 Å². The Morgan fingerprint density at radius 1 is 0.889 bits per heavy atom. The number of rotatable bonds is 3. The van der Waals surface area contributed by atoms with E-state index in [1.54, 1.807) is 14.2 Å². The van der Waals surface area contributed by atoms with Crippen LogP contribution in [0.3, 0.4) is 0 Å². The Balaban J connectivity index is 1.95. The second-order valence-corrected chi connectivity index (χ2v) is 7.98. The van der Waals surface area contributed by atoms with E-state index < -0.39 is 0 Å². The summed E-state index contributed by atoms with van der Waals surface area (Å²) < 4.78 is 11.7. The van der Waals surface area contributed by atoms with Crippen LogP contribution in [0.25, 0.3) is 0 Å². The van der Waals surface area contributed by atoms with Crippen LogP contribution in [0, 0.1) is 0 Å². The van der Waals surface area contributed by atoms with Crippen molar-refractivity contribution in [2.45, 2.75) is 44.4 Å². The minimum Gasteiger partial charge on any atom is -0.493 e. The highest BCUT2D eigenvalue weighted by Gasteiger charge is 2.41. The van der Waals surface area contributed by atoms with Gasteiger partial charge in [0.05, 0.1) is 14.2 Å². The lowest BCUT2D eigenvalue weighted by atomic mass is 9.71. The molecule has 2 aliphatic carbocycles. The van der Waals surface area contributed by atoms with Gasteiger partial charge in [0.25, 0.3) is 0 Å². The van der Waals surface area contributed by atoms with Crippen LogP contribution in [-0.4, -0.2) is 25.8 Å². The third-order valence-electron chi connectivity index (χ3n) is 5.61. The molecule has 4 rings (SSSR count). The topological polar surface area (TPSA) is 64.6 Å². The molecule has 1 aliphatic heterocycles. The fourth-order valence-corrected chi connectivity index (χ4v) is 4.94. The molecule has 0 bridgehead atoms. The molecule has 1 N–H and O–H groups in total. The van der Waals surface area contributed by atoms with Gasteiger partial charge in [0.15, 0.2) is 23.1 Å². The third kappa shape index (κ3) is 3.00. The van der Waals surface area contributed by atoms with Gasteiger partial charge in [-0.3, -0.25) is 9.59 Å². The lowest BCUT2D eigenvalue weighted by Gasteiger charge is -2.37. The maximum absolute atomic E-state index is 12.9. The maximum Gasteiger partial charge on any atom is 0.161 e. The van der Waals surface area contributed by atoms with Gasteiger partial charge in [-0.1, -0.05) is 15.9 Å². The summed E-state index contributed by atoms with van der Waals surface area (Å²) in [5.41, 5.74) is 4.31. The lowest BCUT2D eigenvalue weighted by Crippen LogP contribution is -2.36. The van der Waals surface area contributed by atoms with E-state index in [0.717, 1.165) is 58.3 Å². The van der Waals surface area contributed by atoms with Crippen molar-refractivity contribution < 1.29 is 19.1 Å². The second-order valence-electron chi connectivity index (χ2n) is 7.12. The van der Waals surface area contributed by atoms with E-state index >= 15 is 0 Å². The van der Waals surface area contributed by atoms with E-state index in [-0.39, 0.29) is 17.5 Å². The summed E-state index contributed by atoms with van der Waals surface area (Å²) in [6.45, 7) is 0. The molecule has 0 saturated carbocycles. The SMILES string of the molecule is COc1cc(Br)c(C2C3=C(CCCC3=O)NC3=C2C(=O)CCC3)cc1OC. The number of methoxy groups -OCH3 is 2. The lowest BCUT2D eigenvalue weighted by molar-refractivity contribution is -0.116. The molecule has 3 aliphatic rings. The van der Waals surface area contributed by atoms with Crippen LogP contribution in [0.15, 0.2) is 39.1 Å². The van der Waals surface area contributed by atoms with Gasteiger partial charge < -0.3 is 14.8 Å². The molecule has 0 unspecified atom stereocenters. The fourth-order valence-electron chi connectivity index (χ4n) is 4.39. The Morgan fingerprint density at radius 2 is 1.41 bits per heavy atom. The van der Waals surface area contributed by atoms with Crippen molar-refractivity contribution in [3.63, 3.8) is 0 Å². The summed E-state index contributed by atoms with van der Waals surface area (Å²) in [4.78, 5) is 25.8. The predicted molar refractivity (Wildman–Crippen MR) is 105 cm³/mol. The molecule has 1 heterocycles. The fraction of sp³-hybridized carbons (Fsp3) is 0.429. The number of Topliss-reactive ketones (excluding diaryl/α,β-unsaturated/α-hetero) is 2. The smallest absolute Gasteiger partial charge is 0.161 e. The highest BCUT2D eigenvalue weighted by Crippen LogP contribution is 2.48. The Labute approximate surface area is 166 Å². The molecule has 27 heavy (non-hydrogen) atoms. The number of benzene rings is 1. The summed E-state index contributed by atoms with van der Waals surface area (Å²) in [7, 11) is 3.18. The molecule has 0 radical (unpaired) electrons. The number of carbonyl (C=O) groups excluding carboxylic acids is 2. The predicted octanol–water partition coefficient (Wildman–Crippen LogP) is 4.17. The second kappa shape index (κ2) is 7.15. The van der Waals surface area contributed by atoms with Crippen molar-refractivity contribution in [1.29, 1.82) is 0 Å². The van der Waals surface area contributed by atoms with Crippen LogP contribution in [0.4, 0.5) is 0 Å². The largest absolute Gasteiger partial charge is 0.493 e. The number of hydrogen-bond acceptors (Lipinski definition) is 5. The number of nitrogens with one attached hydrogen (secondary N) is 1. The highest BCUT2D eigenvalue weighted by molar-refractivity contribution is 9.10. The Kier molecular flexibility index (Phi) is 4.84. The number of halogens is 1. The summed E-state index contributed by atoms with van der Waals surface area (Å²) in [6, 6.07) is 3.73. The van der Waals surface area contributed by atoms with Crippen LogP contribution in [-0.2, 0) is 9.59 Å². The quantitative estimate of drug-likeness (QED) is 0.777. The zero-order chi connectivity index (χ0) is 19.1. The average Bonchev–Trinajstić information content (AvgIpc) is 2.66. The van der Waals surface area contributed by atoms with E-state index in [1.165, 1.54) is 0 Å². The summed E-state index contributed by atoms with van der Waals surface area (Å²) in [6.07, 6.45) is 4.43. The van der Waals surface area contributed by atoms with Crippen molar-refractivity contribution in [3.05, 3.63) is 44.7 Å². The van der Waals surface area contributed by atoms with Crippen LogP contribution in [0.2, 0.25) is 0 Å². The van der Waals surface area contributed by atoms with Gasteiger partial charge in [0.1, 0.15) is 0 Å². The molecular weight excluding hydrogens is 410 g/mol. The average molecular weight is 432 g/mol. The first-order valence-electron chi connectivity index (χ1n) is 9.26. The minimum atomic E-state index is -0.356. The Morgan fingerprint density at radius 3 is 1.93 bits per heavy atom. The van der Waals surface area contributed by atoms with E-state index in [4.69, 9.17) is 9.47 Å². The molecule has 0 saturated heterocycles. The van der Waals surface area contributed by atoms with Gasteiger partial charge >= 0.3 is 0 Å². The molecule has 0 atom stereocenters. The van der Waals surface area contributed by atoms with Gasteiger partial charge in [-0.05, 0) is 43.4 Å². The molecule has 0 fully saturated rings. The maximum atomic E-state index is 12.9. The zero-order valence-corrected chi connectivity index (χ0v) is 17.1. The molecule has 0 spiro atoms. The molecule has 5 nitrogen and oxygen atoms in total. The van der Waals surface area contributed by atoms with Crippen LogP contribution >= 0.6 is 15.9 Å². The number of allylic oxidation sites excluding steroid dienone is 4. The molecule has 1 aromatic carbocycles. The van der Waals surface area contributed by atoms with Crippen molar-refractivity contribution in [2.24, 2.45) is 0 Å². The molecular formula is C21H22BrNO4. The first kappa shape index (κ1) is 18.3. The van der Waals surface area contributed by atoms with E-state index in [1.807, 2.05) is 12.1 Å². The molecule has 0 aromatic heterocycles. The van der Waals surface area contributed by atoms with E-state index in [2.05, 4.69) is 21.2 Å². The van der Waals surface area contributed by atoms with Gasteiger partial charge in [-0.25, -0.2) is 0 Å². The number of carbonyl (C=O) groups is 2. The van der Waals surface area contributed by atoms with Crippen molar-refractivity contribution in [1.82, 2.24) is 5.32 Å². The van der Waals surface area contributed by atoms with Gasteiger partial charge in [0, 0.05) is 45.8 Å². The van der Waals surface area contributed by atoms with Gasteiger partial charge in [0.2, 0.25) is 0 Å². The third-order valence-corrected chi connectivity index (χ3v) is 6.29. The van der Waals surface area contributed by atoms with Crippen molar-refractivity contribution in [3.8, 4) is 11.5 Å². The number of ether oxygens (including phenoxy) is 2. The van der Waals surface area contributed by atoms with Crippen molar-refractivity contribution in [2.75, 3.05) is 14.2 Å². The van der Waals surface area contributed by atoms with Crippen LogP contribution < -0.4 is 14.8 Å². The standard InChI is InChI=1S/C21H22BrNO4/c1-26-17-9-11(12(22)10-18(17)27-2)19-20-13(5-3-7-15(20)24)23-14-6-4-8-16(25)21(14)19/h9-10,19,23H,3-8H2,1-2H3. The summed E-state index contributed by atoms with van der Waals surface area (Å²) in [5.74, 6) is 1.09. The molecule has 6 heteroatoms. The highest BCUT2D eigenvalue weighted by atomic mass is 79.9. The van der Waals surface area contributed by atoms with Gasteiger partial charge in [-0.2, -0.15) is 0 Å². The van der Waals surface area contributed by atoms with E-state index in [9.17, 15) is 9.59 Å². The van der Waals surface area contributed by atoms with Crippen LogP contribution in [0.5, 0.6) is 11.5 Å². The van der Waals surface area contributed by atoms with Gasteiger partial charge in [-0.15, -0.1) is 0 Å². The zero-order valence-electron chi connectivity index (χ0n) is 15.5. The molecule has 0 amide bonds.